The number of ether oxygens (including phenoxy) is 3. The van der Waals surface area contributed by atoms with E-state index in [0.717, 1.165) is 96.3 Å². The van der Waals surface area contributed by atoms with Crippen molar-refractivity contribution in [2.75, 3.05) is 13.2 Å². The van der Waals surface area contributed by atoms with E-state index in [-0.39, 0.29) is 31.1 Å². The zero-order valence-electron chi connectivity index (χ0n) is 47.2. The molecular formula is C65H116O6. The summed E-state index contributed by atoms with van der Waals surface area (Å²) in [6.07, 6.45) is 75.0. The lowest BCUT2D eigenvalue weighted by atomic mass is 10.0. The molecule has 71 heavy (non-hydrogen) atoms. The number of carbonyl (C=O) groups excluding carboxylic acids is 3. The fourth-order valence-corrected chi connectivity index (χ4v) is 8.94. The molecule has 0 aliphatic carbocycles. The van der Waals surface area contributed by atoms with Crippen LogP contribution in [-0.4, -0.2) is 37.2 Å². The van der Waals surface area contributed by atoms with E-state index in [4.69, 9.17) is 14.2 Å². The second-order valence-corrected chi connectivity index (χ2v) is 20.6. The minimum Gasteiger partial charge on any atom is -0.462 e. The van der Waals surface area contributed by atoms with Crippen molar-refractivity contribution in [2.24, 2.45) is 0 Å². The first-order valence-electron chi connectivity index (χ1n) is 30.8. The van der Waals surface area contributed by atoms with E-state index in [0.29, 0.717) is 19.3 Å². The van der Waals surface area contributed by atoms with E-state index in [1.54, 1.807) is 0 Å². The fourth-order valence-electron chi connectivity index (χ4n) is 8.94. The van der Waals surface area contributed by atoms with E-state index in [1.165, 1.54) is 180 Å². The van der Waals surface area contributed by atoms with Crippen molar-refractivity contribution in [1.82, 2.24) is 0 Å². The molecule has 0 aromatic carbocycles. The lowest BCUT2D eigenvalue weighted by Gasteiger charge is -2.18. The van der Waals surface area contributed by atoms with Crippen molar-refractivity contribution in [2.45, 2.75) is 322 Å². The van der Waals surface area contributed by atoms with Gasteiger partial charge >= 0.3 is 17.9 Å². The molecule has 0 spiro atoms. The van der Waals surface area contributed by atoms with Gasteiger partial charge in [-0.15, -0.1) is 0 Å². The smallest absolute Gasteiger partial charge is 0.306 e. The SMILES string of the molecule is CC/C=C/C/C=C/C/C=C/C/C=C/C/C=C/CCCCCC(=O)OC[C@@H](COC(=O)CCCCCCCCCCCCCCCCCC)OC(=O)CCCCCCCCCCCCCCCCCCCC. The maximum atomic E-state index is 12.9. The minimum atomic E-state index is -0.785. The largest absolute Gasteiger partial charge is 0.462 e. The van der Waals surface area contributed by atoms with E-state index in [1.807, 2.05) is 0 Å². The predicted molar refractivity (Wildman–Crippen MR) is 307 cm³/mol. The molecule has 412 valence electrons. The van der Waals surface area contributed by atoms with Gasteiger partial charge in [0.05, 0.1) is 0 Å². The molecule has 0 saturated carbocycles. The molecule has 0 saturated heterocycles. The summed E-state index contributed by atoms with van der Waals surface area (Å²) in [5.74, 6) is -0.894. The van der Waals surface area contributed by atoms with Gasteiger partial charge in [0.25, 0.3) is 0 Å². The third kappa shape index (κ3) is 57.9. The standard InChI is InChI=1S/C65H116O6/c1-4-7-10-13-16-19-22-25-28-31-33-35-37-40-43-46-49-52-55-58-64(67)70-61-62(60-69-63(66)57-54-51-48-45-42-39-36-30-27-24-21-18-15-12-9-6-3)71-65(68)59-56-53-50-47-44-41-38-34-32-29-26-23-20-17-14-11-8-5-2/h7,10,16,19,25,28,33,35,40,43,62H,4-6,8-9,11-15,17-18,20-24,26-27,29-32,34,36-39,41-42,44-61H2,1-3H3/b10-7+,19-16+,28-25+,35-33+,43-40+/t62-/m1/s1. The first-order chi connectivity index (χ1) is 35.0. The quantitative estimate of drug-likeness (QED) is 0.0261. The summed E-state index contributed by atoms with van der Waals surface area (Å²) < 4.78 is 16.9. The molecular weight excluding hydrogens is 877 g/mol. The summed E-state index contributed by atoms with van der Waals surface area (Å²) in [5, 5.41) is 0. The molecule has 0 fully saturated rings. The zero-order valence-corrected chi connectivity index (χ0v) is 47.2. The Kier molecular flexibility index (Phi) is 57.2. The predicted octanol–water partition coefficient (Wildman–Crippen LogP) is 20.8. The molecule has 0 amide bonds. The van der Waals surface area contributed by atoms with Gasteiger partial charge < -0.3 is 14.2 Å². The maximum absolute atomic E-state index is 12.9. The Bertz CT molecular complexity index is 1280. The van der Waals surface area contributed by atoms with Crippen molar-refractivity contribution in [3.63, 3.8) is 0 Å². The van der Waals surface area contributed by atoms with Crippen LogP contribution in [0.5, 0.6) is 0 Å². The van der Waals surface area contributed by atoms with E-state index in [2.05, 4.69) is 81.5 Å². The van der Waals surface area contributed by atoms with Gasteiger partial charge in [-0.25, -0.2) is 0 Å². The molecule has 1 atom stereocenters. The monoisotopic (exact) mass is 993 g/mol. The summed E-state index contributed by atoms with van der Waals surface area (Å²) in [5.41, 5.74) is 0. The second kappa shape index (κ2) is 59.7. The Morgan fingerprint density at radius 2 is 0.549 bits per heavy atom. The summed E-state index contributed by atoms with van der Waals surface area (Å²) in [7, 11) is 0. The topological polar surface area (TPSA) is 78.9 Å². The zero-order chi connectivity index (χ0) is 51.4. The summed E-state index contributed by atoms with van der Waals surface area (Å²) in [4.78, 5) is 38.3. The molecule has 0 N–H and O–H groups in total. The van der Waals surface area contributed by atoms with Crippen LogP contribution in [0.4, 0.5) is 0 Å². The Morgan fingerprint density at radius 1 is 0.296 bits per heavy atom. The highest BCUT2D eigenvalue weighted by Gasteiger charge is 2.19. The molecule has 0 aliphatic heterocycles. The molecule has 6 heteroatoms. The lowest BCUT2D eigenvalue weighted by molar-refractivity contribution is -0.167. The maximum Gasteiger partial charge on any atom is 0.306 e. The number of hydrogen-bond acceptors (Lipinski definition) is 6. The van der Waals surface area contributed by atoms with Crippen LogP contribution in [0.1, 0.15) is 316 Å². The van der Waals surface area contributed by atoms with Gasteiger partial charge in [-0.2, -0.15) is 0 Å². The van der Waals surface area contributed by atoms with Crippen LogP contribution in [0.15, 0.2) is 60.8 Å². The van der Waals surface area contributed by atoms with Gasteiger partial charge in [-0.3, -0.25) is 14.4 Å². The van der Waals surface area contributed by atoms with Gasteiger partial charge in [0.15, 0.2) is 6.10 Å². The summed E-state index contributed by atoms with van der Waals surface area (Å²) >= 11 is 0. The summed E-state index contributed by atoms with van der Waals surface area (Å²) in [6, 6.07) is 0. The van der Waals surface area contributed by atoms with Crippen molar-refractivity contribution in [3.05, 3.63) is 60.8 Å². The van der Waals surface area contributed by atoms with E-state index in [9.17, 15) is 14.4 Å². The normalized spacial score (nSPS) is 12.4. The fraction of sp³-hybridized carbons (Fsp3) is 0.800. The van der Waals surface area contributed by atoms with Crippen LogP contribution in [0.25, 0.3) is 0 Å². The van der Waals surface area contributed by atoms with Crippen LogP contribution < -0.4 is 0 Å². The summed E-state index contributed by atoms with van der Waals surface area (Å²) in [6.45, 7) is 6.55. The highest BCUT2D eigenvalue weighted by Crippen LogP contribution is 2.17. The molecule has 6 nitrogen and oxygen atoms in total. The Balaban J connectivity index is 4.40. The molecule has 0 aromatic rings. The number of esters is 3. The third-order valence-electron chi connectivity index (χ3n) is 13.5. The number of rotatable bonds is 56. The van der Waals surface area contributed by atoms with Gasteiger partial charge in [0.1, 0.15) is 13.2 Å². The highest BCUT2D eigenvalue weighted by atomic mass is 16.6. The van der Waals surface area contributed by atoms with Crippen LogP contribution in [0.2, 0.25) is 0 Å². The Labute approximate surface area is 440 Å². The first-order valence-corrected chi connectivity index (χ1v) is 30.8. The number of allylic oxidation sites excluding steroid dienone is 10. The van der Waals surface area contributed by atoms with Crippen molar-refractivity contribution in [3.8, 4) is 0 Å². The van der Waals surface area contributed by atoms with Crippen molar-refractivity contribution in [1.29, 1.82) is 0 Å². The second-order valence-electron chi connectivity index (χ2n) is 20.6. The third-order valence-corrected chi connectivity index (χ3v) is 13.5. The highest BCUT2D eigenvalue weighted by molar-refractivity contribution is 5.71. The molecule has 0 bridgehead atoms. The van der Waals surface area contributed by atoms with Gasteiger partial charge in [0.2, 0.25) is 0 Å². The number of hydrogen-bond donors (Lipinski definition) is 0. The van der Waals surface area contributed by atoms with Crippen LogP contribution in [-0.2, 0) is 28.6 Å². The average molecular weight is 994 g/mol. The molecule has 0 aliphatic rings. The van der Waals surface area contributed by atoms with Crippen molar-refractivity contribution >= 4 is 17.9 Å². The lowest BCUT2D eigenvalue weighted by Crippen LogP contribution is -2.30. The Morgan fingerprint density at radius 3 is 0.859 bits per heavy atom. The number of unbranched alkanes of at least 4 members (excludes halogenated alkanes) is 35. The van der Waals surface area contributed by atoms with E-state index >= 15 is 0 Å². The number of carbonyl (C=O) groups is 3. The average Bonchev–Trinajstić information content (AvgIpc) is 3.37. The van der Waals surface area contributed by atoms with Crippen LogP contribution >= 0.6 is 0 Å². The van der Waals surface area contributed by atoms with Gasteiger partial charge in [0, 0.05) is 19.3 Å². The van der Waals surface area contributed by atoms with Crippen molar-refractivity contribution < 1.29 is 28.6 Å². The van der Waals surface area contributed by atoms with Crippen LogP contribution in [0, 0.1) is 0 Å². The minimum absolute atomic E-state index is 0.0803. The first kappa shape index (κ1) is 68.1. The van der Waals surface area contributed by atoms with Gasteiger partial charge in [-0.1, -0.05) is 293 Å². The van der Waals surface area contributed by atoms with Gasteiger partial charge in [-0.05, 0) is 64.2 Å². The van der Waals surface area contributed by atoms with Crippen LogP contribution in [0.3, 0.4) is 0 Å². The van der Waals surface area contributed by atoms with E-state index < -0.39 is 6.10 Å². The molecule has 0 aromatic heterocycles. The molecule has 0 rings (SSSR count). The Hall–Kier alpha value is -2.89. The molecule has 0 heterocycles. The molecule has 0 radical (unpaired) electrons. The molecule has 0 unspecified atom stereocenters.